The molecule has 2 aromatic carbocycles. The van der Waals surface area contributed by atoms with E-state index in [1.54, 1.807) is 36.8 Å². The molecule has 1 aliphatic rings. The molecule has 4 heteroatoms. The average molecular weight is 359 g/mol. The minimum Gasteiger partial charge on any atom is -0.391 e. The molecule has 2 aromatic rings. The Morgan fingerprint density at radius 1 is 0.708 bits per heavy atom. The van der Waals surface area contributed by atoms with Crippen molar-refractivity contribution in [3.63, 3.8) is 0 Å². The Morgan fingerprint density at radius 2 is 1.17 bits per heavy atom. The van der Waals surface area contributed by atoms with Gasteiger partial charge in [-0.2, -0.15) is 5.26 Å². The first-order chi connectivity index (χ1) is 11.3. The van der Waals surface area contributed by atoms with E-state index >= 15 is 0 Å². The minimum atomic E-state index is 0. The zero-order valence-corrected chi connectivity index (χ0v) is 13.7. The first-order valence-corrected chi connectivity index (χ1v) is 6.79. The van der Waals surface area contributed by atoms with Crippen LogP contribution in [0.5, 0.6) is 0 Å². The van der Waals surface area contributed by atoms with Gasteiger partial charge in [0.2, 0.25) is 0 Å². The Morgan fingerprint density at radius 3 is 1.46 bits per heavy atom. The molecule has 0 fully saturated rings. The maximum atomic E-state index is 10.1. The maximum absolute atomic E-state index is 10.1. The van der Waals surface area contributed by atoms with Gasteiger partial charge in [0, 0.05) is 6.42 Å². The predicted molar refractivity (Wildman–Crippen MR) is 89.8 cm³/mol. The van der Waals surface area contributed by atoms with Crippen molar-refractivity contribution in [2.45, 2.75) is 0 Å². The van der Waals surface area contributed by atoms with Crippen LogP contribution in [0, 0.1) is 17.8 Å². The number of rotatable bonds is 2. The van der Waals surface area contributed by atoms with Gasteiger partial charge in [0.1, 0.15) is 0 Å². The summed E-state index contributed by atoms with van der Waals surface area (Å²) in [4.78, 5) is 20.2. The summed E-state index contributed by atoms with van der Waals surface area (Å²) in [6.45, 7) is 0. The summed E-state index contributed by atoms with van der Waals surface area (Å²) in [5.41, 5.74) is 1.24. The maximum Gasteiger partial charge on any atom is 2.00 e. The second kappa shape index (κ2) is 13.9. The molecule has 0 heterocycles. The van der Waals surface area contributed by atoms with E-state index in [4.69, 9.17) is 5.26 Å². The van der Waals surface area contributed by atoms with Crippen LogP contribution in [-0.2, 0) is 26.4 Å². The number of carbonyl (C=O) groups excluding carboxylic acids is 2. The Balaban J connectivity index is 0.000000340. The number of hydrogen-bond acceptors (Lipinski definition) is 3. The molecule has 1 aliphatic carbocycles. The topological polar surface area (TPSA) is 57.9 Å². The molecule has 0 amide bonds. The van der Waals surface area contributed by atoms with Crippen LogP contribution >= 0.6 is 0 Å². The van der Waals surface area contributed by atoms with E-state index in [0.29, 0.717) is 5.56 Å². The summed E-state index contributed by atoms with van der Waals surface area (Å²) in [5.74, 6) is 0. The van der Waals surface area contributed by atoms with Gasteiger partial charge in [-0.15, -0.1) is 12.1 Å². The van der Waals surface area contributed by atoms with Crippen molar-refractivity contribution in [1.29, 1.82) is 5.26 Å². The van der Waals surface area contributed by atoms with Gasteiger partial charge >= 0.3 is 16.8 Å². The van der Waals surface area contributed by atoms with Crippen molar-refractivity contribution >= 4 is 12.6 Å². The van der Waals surface area contributed by atoms with E-state index in [9.17, 15) is 9.59 Å². The van der Waals surface area contributed by atoms with Crippen LogP contribution < -0.4 is 0 Å². The van der Waals surface area contributed by atoms with Crippen LogP contribution in [-0.4, -0.2) is 12.6 Å². The first-order valence-electron chi connectivity index (χ1n) is 6.79. The second-order valence-corrected chi connectivity index (χ2v) is 4.19. The van der Waals surface area contributed by atoms with Crippen LogP contribution in [0.25, 0.3) is 0 Å². The molecular weight excluding hydrogens is 345 g/mol. The molecule has 24 heavy (non-hydrogen) atoms. The van der Waals surface area contributed by atoms with Crippen LogP contribution in [0.4, 0.5) is 0 Å². The Labute approximate surface area is 152 Å². The third kappa shape index (κ3) is 8.64. The van der Waals surface area contributed by atoms with Gasteiger partial charge in [-0.05, 0) is 24.7 Å². The van der Waals surface area contributed by atoms with Gasteiger partial charge < -0.3 is 9.59 Å². The molecule has 0 unspecified atom stereocenters. The number of nitrogens with zero attached hydrogens (tertiary/aromatic N) is 1. The number of nitriles is 1. The summed E-state index contributed by atoms with van der Waals surface area (Å²) < 4.78 is 0. The van der Waals surface area contributed by atoms with Gasteiger partial charge in [0.05, 0.1) is 11.6 Å². The molecule has 0 N–H and O–H groups in total. The largest absolute Gasteiger partial charge is 2.00 e. The number of benzene rings is 2. The predicted octanol–water partition coefficient (Wildman–Crippen LogP) is 3.47. The average Bonchev–Trinajstić information content (AvgIpc) is 3.23. The van der Waals surface area contributed by atoms with Gasteiger partial charge in [-0.1, -0.05) is 42.5 Å². The van der Waals surface area contributed by atoms with Crippen molar-refractivity contribution in [1.82, 2.24) is 0 Å². The molecule has 0 atom stereocenters. The Bertz CT molecular complexity index is 679. The molecule has 0 bridgehead atoms. The van der Waals surface area contributed by atoms with Crippen molar-refractivity contribution in [2.24, 2.45) is 0 Å². The van der Waals surface area contributed by atoms with Gasteiger partial charge in [-0.25, -0.2) is 12.1 Å². The second-order valence-electron chi connectivity index (χ2n) is 4.19. The van der Waals surface area contributed by atoms with Crippen LogP contribution in [0.3, 0.4) is 0 Å². The zero-order chi connectivity index (χ0) is 16.8. The van der Waals surface area contributed by atoms with Crippen molar-refractivity contribution in [2.75, 3.05) is 0 Å². The normalized spacial score (nSPS) is 9.96. The Kier molecular flexibility index (Phi) is 12.3. The van der Waals surface area contributed by atoms with E-state index in [0.717, 1.165) is 0 Å². The van der Waals surface area contributed by atoms with Crippen molar-refractivity contribution in [3.8, 4) is 6.07 Å². The van der Waals surface area contributed by atoms with Crippen LogP contribution in [0.2, 0.25) is 0 Å². The van der Waals surface area contributed by atoms with E-state index in [1.807, 2.05) is 55.0 Å². The smallest absolute Gasteiger partial charge is 0.391 e. The molecule has 120 valence electrons. The monoisotopic (exact) mass is 359 g/mol. The zero-order valence-electron chi connectivity index (χ0n) is 12.7. The minimum absolute atomic E-state index is 0. The first kappa shape index (κ1) is 21.3. The molecule has 0 aromatic heterocycles. The fourth-order valence-electron chi connectivity index (χ4n) is 1.49. The van der Waals surface area contributed by atoms with Crippen molar-refractivity contribution in [3.05, 3.63) is 102 Å². The fourth-order valence-corrected chi connectivity index (χ4v) is 1.49. The van der Waals surface area contributed by atoms with E-state index < -0.39 is 0 Å². The molecule has 0 saturated heterocycles. The third-order valence-corrected chi connectivity index (χ3v) is 2.61. The van der Waals surface area contributed by atoms with Gasteiger partial charge in [0.15, 0.2) is 0 Å². The molecule has 0 aliphatic heterocycles. The summed E-state index contributed by atoms with van der Waals surface area (Å²) in [5, 5.41) is 8.29. The molecule has 3 rings (SSSR count). The SMILES string of the molecule is N#Cc1ccccc1.O=[C-]c1ccccc1[C-]=O.[CH]1C=CC=C1.[Co+2]. The van der Waals surface area contributed by atoms with Gasteiger partial charge in [-0.3, -0.25) is 11.1 Å². The summed E-state index contributed by atoms with van der Waals surface area (Å²) in [6.07, 6.45) is 13.3. The molecule has 3 nitrogen and oxygen atoms in total. The number of hydrogen-bond donors (Lipinski definition) is 0. The standard InChI is InChI=1S/C8H4O2.C7H5N.C5H5.Co/c9-5-7-3-1-2-4-8(7)6-10;8-6-7-4-2-1-3-5-7;1-2-4-5-3-1;/h1-4H;1-5H;1-5H;/q-2;;;+2. The van der Waals surface area contributed by atoms with Crippen molar-refractivity contribution < 1.29 is 26.4 Å². The van der Waals surface area contributed by atoms with Crippen LogP contribution in [0.1, 0.15) is 16.7 Å². The molecular formula is C20H14CoNO2. The Hall–Kier alpha value is -2.74. The van der Waals surface area contributed by atoms with E-state index in [-0.39, 0.29) is 27.9 Å². The molecule has 0 spiro atoms. The molecule has 0 saturated carbocycles. The summed E-state index contributed by atoms with van der Waals surface area (Å²) in [7, 11) is 0. The van der Waals surface area contributed by atoms with Crippen LogP contribution in [0.15, 0.2) is 78.9 Å². The summed E-state index contributed by atoms with van der Waals surface area (Å²) >= 11 is 0. The number of allylic oxidation sites excluding steroid dienone is 4. The quantitative estimate of drug-likeness (QED) is 0.772. The van der Waals surface area contributed by atoms with E-state index in [2.05, 4.69) is 0 Å². The molecule has 2 radical (unpaired) electrons. The van der Waals surface area contributed by atoms with E-state index in [1.165, 1.54) is 12.1 Å². The third-order valence-electron chi connectivity index (χ3n) is 2.61. The fraction of sp³-hybridized carbons (Fsp3) is 0. The summed E-state index contributed by atoms with van der Waals surface area (Å²) in [6, 6.07) is 17.5. The van der Waals surface area contributed by atoms with Gasteiger partial charge in [0.25, 0.3) is 0 Å².